The first-order chi connectivity index (χ1) is 10.7. The van der Waals surface area contributed by atoms with Crippen LogP contribution in [0.15, 0.2) is 60.7 Å². The normalized spacial score (nSPS) is 14.0. The summed E-state index contributed by atoms with van der Waals surface area (Å²) in [5, 5.41) is 2.05. The van der Waals surface area contributed by atoms with Crippen LogP contribution in [0.2, 0.25) is 0 Å². The average Bonchev–Trinajstić information content (AvgIpc) is 2.59. The molecule has 0 saturated heterocycles. The molecule has 118 valence electrons. The Labute approximate surface area is 135 Å². The smallest absolute Gasteiger partial charge is 0.0576 e. The molecular formula is C17H23NO2P2. The van der Waals surface area contributed by atoms with Gasteiger partial charge in [-0.25, -0.2) is 0 Å². The van der Waals surface area contributed by atoms with Crippen molar-refractivity contribution in [1.29, 1.82) is 0 Å². The highest BCUT2D eigenvalue weighted by Gasteiger charge is 2.11. The molecule has 0 aliphatic heterocycles. The fraction of sp³-hybridized carbons (Fsp3) is 0.294. The molecule has 2 atom stereocenters. The largest absolute Gasteiger partial charge is 0.369 e. The molecule has 0 spiro atoms. The molecule has 0 bridgehead atoms. The van der Waals surface area contributed by atoms with Crippen LogP contribution in [-0.4, -0.2) is 47.1 Å². The predicted molar refractivity (Wildman–Crippen MR) is 97.7 cm³/mol. The molecule has 3 nitrogen and oxygen atoms in total. The van der Waals surface area contributed by atoms with Gasteiger partial charge >= 0.3 is 0 Å². The van der Waals surface area contributed by atoms with Gasteiger partial charge < -0.3 is 14.7 Å². The number of hydrogen-bond acceptors (Lipinski definition) is 3. The van der Waals surface area contributed by atoms with E-state index in [1.54, 1.807) is 0 Å². The molecule has 0 radical (unpaired) electrons. The number of benzene rings is 2. The third kappa shape index (κ3) is 5.76. The Morgan fingerprint density at radius 1 is 0.727 bits per heavy atom. The molecule has 0 aliphatic rings. The minimum absolute atomic E-state index is 0.768. The van der Waals surface area contributed by atoms with E-state index in [4.69, 9.17) is 0 Å². The molecule has 0 aromatic heterocycles. The second-order valence-corrected chi connectivity index (χ2v) is 8.75. The van der Waals surface area contributed by atoms with E-state index in [1.807, 2.05) is 67.7 Å². The number of nitrogens with zero attached hydrogens (tertiary/aromatic N) is 1. The summed E-state index contributed by atoms with van der Waals surface area (Å²) in [6, 6.07) is 19.7. The Morgan fingerprint density at radius 2 is 1.09 bits per heavy atom. The van der Waals surface area contributed by atoms with Gasteiger partial charge in [-0.05, 0) is 7.05 Å². The Morgan fingerprint density at radius 3 is 1.45 bits per heavy atom. The second kappa shape index (κ2) is 9.35. The molecular weight excluding hydrogens is 312 g/mol. The first-order valence-corrected chi connectivity index (χ1v) is 10.3. The third-order valence-electron chi connectivity index (χ3n) is 3.50. The molecule has 0 saturated carbocycles. The summed E-state index contributed by atoms with van der Waals surface area (Å²) < 4.78 is 0. The maximum Gasteiger partial charge on any atom is 0.0576 e. The van der Waals surface area contributed by atoms with Crippen LogP contribution in [0.5, 0.6) is 0 Å². The van der Waals surface area contributed by atoms with Crippen LogP contribution < -0.4 is 10.6 Å². The summed E-state index contributed by atoms with van der Waals surface area (Å²) >= 11 is 0. The lowest BCUT2D eigenvalue weighted by Crippen LogP contribution is -2.26. The second-order valence-electron chi connectivity index (χ2n) is 5.22. The lowest BCUT2D eigenvalue weighted by Gasteiger charge is -2.20. The first kappa shape index (κ1) is 17.5. The van der Waals surface area contributed by atoms with Crippen molar-refractivity contribution in [2.24, 2.45) is 0 Å². The molecule has 0 fully saturated rings. The van der Waals surface area contributed by atoms with E-state index in [0.29, 0.717) is 0 Å². The monoisotopic (exact) mass is 335 g/mol. The summed E-state index contributed by atoms with van der Waals surface area (Å²) in [6.45, 7) is 1.68. The summed E-state index contributed by atoms with van der Waals surface area (Å²) in [5.74, 6) is 0. The van der Waals surface area contributed by atoms with Gasteiger partial charge in [-0.2, -0.15) is 0 Å². The van der Waals surface area contributed by atoms with E-state index in [9.17, 15) is 9.79 Å². The van der Waals surface area contributed by atoms with Gasteiger partial charge in [0.25, 0.3) is 0 Å². The molecule has 0 heterocycles. The van der Waals surface area contributed by atoms with Crippen molar-refractivity contribution in [3.63, 3.8) is 0 Å². The zero-order chi connectivity index (χ0) is 15.8. The van der Waals surface area contributed by atoms with E-state index in [0.717, 1.165) is 36.0 Å². The van der Waals surface area contributed by atoms with E-state index in [2.05, 4.69) is 4.90 Å². The van der Waals surface area contributed by atoms with Crippen LogP contribution in [-0.2, 0) is 0 Å². The molecule has 2 aromatic rings. The van der Waals surface area contributed by atoms with Crippen LogP contribution in [0.25, 0.3) is 0 Å². The minimum atomic E-state index is -1.08. The topological polar surface area (TPSA) is 43.7 Å². The van der Waals surface area contributed by atoms with Crippen molar-refractivity contribution in [2.45, 2.75) is 0 Å². The van der Waals surface area contributed by atoms with Crippen molar-refractivity contribution in [1.82, 2.24) is 4.90 Å². The molecule has 0 amide bonds. The Kier molecular flexibility index (Phi) is 7.45. The summed E-state index contributed by atoms with van der Waals surface area (Å²) in [4.78, 5) is 22.6. The quantitative estimate of drug-likeness (QED) is 0.728. The van der Waals surface area contributed by atoms with Crippen LogP contribution in [0.4, 0.5) is 0 Å². The van der Waals surface area contributed by atoms with Gasteiger partial charge in [0.05, 0.1) is 16.3 Å². The summed E-state index contributed by atoms with van der Waals surface area (Å²) in [6.07, 6.45) is 1.54. The standard InChI is InChI=1S/C17H23NO2P2/c1-18(12-14-21(19)16-8-4-2-5-9-16)13-15-22(20)17-10-6-3-7-11-17/h2-11,19-20H,12-15H2,1H3. The van der Waals surface area contributed by atoms with E-state index in [-0.39, 0.29) is 0 Å². The van der Waals surface area contributed by atoms with Crippen molar-refractivity contribution >= 4 is 26.9 Å². The van der Waals surface area contributed by atoms with E-state index < -0.39 is 16.3 Å². The zero-order valence-electron chi connectivity index (χ0n) is 12.8. The Hall–Kier alpha value is -0.820. The first-order valence-electron chi connectivity index (χ1n) is 7.38. The van der Waals surface area contributed by atoms with Crippen molar-refractivity contribution < 1.29 is 9.79 Å². The minimum Gasteiger partial charge on any atom is -0.369 e. The van der Waals surface area contributed by atoms with Gasteiger partial charge in [0.2, 0.25) is 0 Å². The average molecular weight is 335 g/mol. The van der Waals surface area contributed by atoms with Crippen molar-refractivity contribution in [2.75, 3.05) is 32.5 Å². The lowest BCUT2D eigenvalue weighted by molar-refractivity contribution is 0.373. The molecule has 2 aromatic carbocycles. The van der Waals surface area contributed by atoms with Gasteiger partial charge in [-0.3, -0.25) is 0 Å². The maximum absolute atomic E-state index is 10.2. The third-order valence-corrected chi connectivity index (χ3v) is 6.53. The van der Waals surface area contributed by atoms with Crippen LogP contribution in [0.1, 0.15) is 0 Å². The molecule has 2 N–H and O–H groups in total. The molecule has 2 rings (SSSR count). The van der Waals surface area contributed by atoms with Gasteiger partial charge in [0.15, 0.2) is 0 Å². The number of rotatable bonds is 8. The zero-order valence-corrected chi connectivity index (χ0v) is 14.6. The molecule has 5 heteroatoms. The molecule has 2 unspecified atom stereocenters. The van der Waals surface area contributed by atoms with Gasteiger partial charge in [-0.15, -0.1) is 0 Å². The lowest BCUT2D eigenvalue weighted by atomic mass is 10.4. The summed E-state index contributed by atoms with van der Waals surface area (Å²) in [5.41, 5.74) is 0. The fourth-order valence-corrected chi connectivity index (χ4v) is 4.71. The highest BCUT2D eigenvalue weighted by Crippen LogP contribution is 2.29. The van der Waals surface area contributed by atoms with Gasteiger partial charge in [-0.1, -0.05) is 60.7 Å². The summed E-state index contributed by atoms with van der Waals surface area (Å²) in [7, 11) is -0.110. The molecule has 22 heavy (non-hydrogen) atoms. The molecule has 0 aliphatic carbocycles. The Bertz CT molecular complexity index is 489. The SMILES string of the molecule is CN(CCP(O)c1ccccc1)CCP(O)c1ccccc1. The number of hydrogen-bond donors (Lipinski definition) is 2. The highest BCUT2D eigenvalue weighted by molar-refractivity contribution is 7.60. The van der Waals surface area contributed by atoms with Gasteiger partial charge in [0, 0.05) is 36.0 Å². The van der Waals surface area contributed by atoms with Gasteiger partial charge in [0.1, 0.15) is 0 Å². The fourth-order valence-electron chi connectivity index (χ4n) is 2.10. The Balaban J connectivity index is 1.71. The van der Waals surface area contributed by atoms with Crippen LogP contribution >= 0.6 is 16.3 Å². The van der Waals surface area contributed by atoms with E-state index >= 15 is 0 Å². The maximum atomic E-state index is 10.2. The van der Waals surface area contributed by atoms with E-state index in [1.165, 1.54) is 0 Å². The van der Waals surface area contributed by atoms with Crippen molar-refractivity contribution in [3.05, 3.63) is 60.7 Å². The highest BCUT2D eigenvalue weighted by atomic mass is 31.1. The van der Waals surface area contributed by atoms with Crippen LogP contribution in [0, 0.1) is 0 Å². The van der Waals surface area contributed by atoms with Crippen LogP contribution in [0.3, 0.4) is 0 Å². The van der Waals surface area contributed by atoms with Crippen molar-refractivity contribution in [3.8, 4) is 0 Å². The predicted octanol–water partition coefficient (Wildman–Crippen LogP) is 2.35.